The molecule has 1 aliphatic carbocycles. The molecule has 3 N–H and O–H groups in total. The van der Waals surface area contributed by atoms with Crippen molar-refractivity contribution in [2.75, 3.05) is 11.9 Å². The second kappa shape index (κ2) is 7.32. The van der Waals surface area contributed by atoms with Crippen LogP contribution in [0.1, 0.15) is 33.1 Å². The van der Waals surface area contributed by atoms with Crippen LogP contribution < -0.4 is 5.32 Å². The number of aryl methyl sites for hydroxylation is 1. The summed E-state index contributed by atoms with van der Waals surface area (Å²) in [6, 6.07) is 21.6. The van der Waals surface area contributed by atoms with E-state index in [1.54, 1.807) is 25.1 Å². The van der Waals surface area contributed by atoms with E-state index in [1.807, 2.05) is 24.3 Å². The maximum absolute atomic E-state index is 12.5. The molecule has 6 nitrogen and oxygen atoms in total. The topological polar surface area (TPSA) is 91.4 Å². The van der Waals surface area contributed by atoms with Gasteiger partial charge in [0.1, 0.15) is 12.3 Å². The van der Waals surface area contributed by atoms with Gasteiger partial charge in [-0.3, -0.25) is 5.32 Å². The van der Waals surface area contributed by atoms with Crippen LogP contribution in [0.5, 0.6) is 0 Å². The number of rotatable bonds is 4. The molecular formula is C25H20N2O4. The summed E-state index contributed by atoms with van der Waals surface area (Å²) in [4.78, 5) is 26.7. The molecule has 5 rings (SSSR count). The second-order valence-electron chi connectivity index (χ2n) is 7.64. The first-order valence-corrected chi connectivity index (χ1v) is 10.0. The highest BCUT2D eigenvalue weighted by Crippen LogP contribution is 2.44. The average Bonchev–Trinajstić information content (AvgIpc) is 3.27. The number of hydrogen-bond donors (Lipinski definition) is 3. The van der Waals surface area contributed by atoms with Crippen LogP contribution >= 0.6 is 0 Å². The number of ether oxygens (including phenoxy) is 1. The number of anilines is 1. The predicted octanol–water partition coefficient (Wildman–Crippen LogP) is 5.54. The number of amides is 1. The SMILES string of the molecule is Cc1c(C(=O)O)[nH]c2ccc(NC(=O)OCC3c4ccccc4-c4ccccc43)cc12. The van der Waals surface area contributed by atoms with Gasteiger partial charge in [0.25, 0.3) is 0 Å². The molecule has 4 aromatic rings. The average molecular weight is 412 g/mol. The van der Waals surface area contributed by atoms with E-state index >= 15 is 0 Å². The molecule has 31 heavy (non-hydrogen) atoms. The van der Waals surface area contributed by atoms with E-state index in [1.165, 1.54) is 11.1 Å². The number of carbonyl (C=O) groups excluding carboxylic acids is 1. The summed E-state index contributed by atoms with van der Waals surface area (Å²) in [6.07, 6.45) is -0.548. The summed E-state index contributed by atoms with van der Waals surface area (Å²) in [5.74, 6) is -1.02. The zero-order chi connectivity index (χ0) is 21.5. The van der Waals surface area contributed by atoms with Crippen molar-refractivity contribution in [3.05, 3.63) is 89.1 Å². The van der Waals surface area contributed by atoms with E-state index in [-0.39, 0.29) is 18.2 Å². The lowest BCUT2D eigenvalue weighted by molar-refractivity contribution is 0.0690. The maximum Gasteiger partial charge on any atom is 0.411 e. The number of hydrogen-bond acceptors (Lipinski definition) is 3. The monoisotopic (exact) mass is 412 g/mol. The molecular weight excluding hydrogens is 392 g/mol. The fourth-order valence-corrected chi connectivity index (χ4v) is 4.37. The summed E-state index contributed by atoms with van der Waals surface area (Å²) < 4.78 is 5.58. The molecule has 0 atom stereocenters. The largest absolute Gasteiger partial charge is 0.477 e. The van der Waals surface area contributed by atoms with E-state index in [4.69, 9.17) is 4.74 Å². The van der Waals surface area contributed by atoms with Gasteiger partial charge in [0, 0.05) is 22.5 Å². The third-order valence-corrected chi connectivity index (χ3v) is 5.86. The first-order valence-electron chi connectivity index (χ1n) is 10.0. The highest BCUT2D eigenvalue weighted by molar-refractivity contribution is 5.99. The van der Waals surface area contributed by atoms with Gasteiger partial charge < -0.3 is 14.8 Å². The Morgan fingerprint density at radius 3 is 2.29 bits per heavy atom. The summed E-state index contributed by atoms with van der Waals surface area (Å²) in [5.41, 5.74) is 6.68. The number of carbonyl (C=O) groups is 2. The van der Waals surface area contributed by atoms with Gasteiger partial charge in [0.15, 0.2) is 0 Å². The molecule has 0 radical (unpaired) electrons. The molecule has 0 spiro atoms. The van der Waals surface area contributed by atoms with Crippen LogP contribution in [0.3, 0.4) is 0 Å². The number of carboxylic acids is 1. The first kappa shape index (κ1) is 18.9. The van der Waals surface area contributed by atoms with Gasteiger partial charge in [-0.15, -0.1) is 0 Å². The summed E-state index contributed by atoms with van der Waals surface area (Å²) in [7, 11) is 0. The minimum Gasteiger partial charge on any atom is -0.477 e. The highest BCUT2D eigenvalue weighted by Gasteiger charge is 2.29. The molecule has 0 fully saturated rings. The van der Waals surface area contributed by atoms with Crippen LogP contribution in [0.25, 0.3) is 22.0 Å². The van der Waals surface area contributed by atoms with E-state index in [9.17, 15) is 14.7 Å². The Bertz CT molecular complexity index is 1290. The Labute approximate surface area is 178 Å². The van der Waals surface area contributed by atoms with Crippen molar-refractivity contribution in [2.45, 2.75) is 12.8 Å². The van der Waals surface area contributed by atoms with Crippen LogP contribution in [0.2, 0.25) is 0 Å². The summed E-state index contributed by atoms with van der Waals surface area (Å²) >= 11 is 0. The van der Waals surface area contributed by atoms with Gasteiger partial charge in [-0.05, 0) is 52.9 Å². The van der Waals surface area contributed by atoms with E-state index in [0.29, 0.717) is 16.8 Å². The number of aromatic nitrogens is 1. The summed E-state index contributed by atoms with van der Waals surface area (Å²) in [5, 5.41) is 12.8. The molecule has 6 heteroatoms. The standard InChI is InChI=1S/C25H20N2O4/c1-14-20-12-15(10-11-22(20)27-23(14)24(28)29)26-25(30)31-13-21-18-8-4-2-6-16(18)17-7-3-5-9-19(17)21/h2-12,21,27H,13H2,1H3,(H,26,30)(H,28,29). The molecule has 0 bridgehead atoms. The minimum atomic E-state index is -1.01. The van der Waals surface area contributed by atoms with Crippen molar-refractivity contribution < 1.29 is 19.4 Å². The molecule has 0 saturated carbocycles. The Kier molecular flexibility index (Phi) is 4.47. The van der Waals surface area contributed by atoms with Gasteiger partial charge in [0.2, 0.25) is 0 Å². The number of nitrogens with one attached hydrogen (secondary N) is 2. The number of fused-ring (bicyclic) bond motifs is 4. The maximum atomic E-state index is 12.5. The Hall–Kier alpha value is -4.06. The quantitative estimate of drug-likeness (QED) is 0.411. The van der Waals surface area contributed by atoms with Crippen molar-refractivity contribution >= 4 is 28.7 Å². The molecule has 0 aliphatic heterocycles. The van der Waals surface area contributed by atoms with Gasteiger partial charge >= 0.3 is 12.1 Å². The smallest absolute Gasteiger partial charge is 0.411 e. The van der Waals surface area contributed by atoms with Gasteiger partial charge in [-0.2, -0.15) is 0 Å². The Morgan fingerprint density at radius 1 is 1.00 bits per heavy atom. The van der Waals surface area contributed by atoms with Crippen molar-refractivity contribution in [1.29, 1.82) is 0 Å². The number of H-pyrrole nitrogens is 1. The lowest BCUT2D eigenvalue weighted by Gasteiger charge is -2.14. The molecule has 1 aliphatic rings. The zero-order valence-electron chi connectivity index (χ0n) is 16.8. The lowest BCUT2D eigenvalue weighted by atomic mass is 9.98. The summed E-state index contributed by atoms with van der Waals surface area (Å²) in [6.45, 7) is 1.97. The number of aromatic amines is 1. The van der Waals surface area contributed by atoms with Crippen LogP contribution in [0.4, 0.5) is 10.5 Å². The number of benzene rings is 3. The van der Waals surface area contributed by atoms with Crippen LogP contribution in [-0.2, 0) is 4.74 Å². The molecule has 1 aromatic heterocycles. The lowest BCUT2D eigenvalue weighted by Crippen LogP contribution is -2.17. The van der Waals surface area contributed by atoms with E-state index in [2.05, 4.69) is 34.6 Å². The third-order valence-electron chi connectivity index (χ3n) is 5.86. The molecule has 1 heterocycles. The van der Waals surface area contributed by atoms with Crippen LogP contribution in [0, 0.1) is 6.92 Å². The molecule has 0 unspecified atom stereocenters. The number of aromatic carboxylic acids is 1. The van der Waals surface area contributed by atoms with Crippen molar-refractivity contribution in [1.82, 2.24) is 4.98 Å². The van der Waals surface area contributed by atoms with E-state index < -0.39 is 12.1 Å². The molecule has 0 saturated heterocycles. The molecule has 1 amide bonds. The van der Waals surface area contributed by atoms with Gasteiger partial charge in [-0.1, -0.05) is 48.5 Å². The molecule has 154 valence electrons. The normalized spacial score (nSPS) is 12.4. The third kappa shape index (κ3) is 3.22. The minimum absolute atomic E-state index is 0.00864. The zero-order valence-corrected chi connectivity index (χ0v) is 16.8. The van der Waals surface area contributed by atoms with E-state index in [0.717, 1.165) is 16.5 Å². The van der Waals surface area contributed by atoms with Crippen LogP contribution in [0.15, 0.2) is 66.7 Å². The van der Waals surface area contributed by atoms with Gasteiger partial charge in [0.05, 0.1) is 0 Å². The first-order chi connectivity index (χ1) is 15.0. The predicted molar refractivity (Wildman–Crippen MR) is 119 cm³/mol. The fourth-order valence-electron chi connectivity index (χ4n) is 4.37. The molecule has 3 aromatic carbocycles. The Morgan fingerprint density at radius 2 is 1.65 bits per heavy atom. The van der Waals surface area contributed by atoms with Crippen molar-refractivity contribution in [2.24, 2.45) is 0 Å². The van der Waals surface area contributed by atoms with Crippen molar-refractivity contribution in [3.8, 4) is 11.1 Å². The van der Waals surface area contributed by atoms with Crippen molar-refractivity contribution in [3.63, 3.8) is 0 Å². The highest BCUT2D eigenvalue weighted by atomic mass is 16.5. The Balaban J connectivity index is 1.33. The fraction of sp³-hybridized carbons (Fsp3) is 0.120. The van der Waals surface area contributed by atoms with Gasteiger partial charge in [-0.25, -0.2) is 9.59 Å². The second-order valence-corrected chi connectivity index (χ2v) is 7.64. The number of carboxylic acid groups (broad SMARTS) is 1. The van der Waals surface area contributed by atoms with Crippen LogP contribution in [-0.4, -0.2) is 28.8 Å².